The standard InChI is InChI=1S/C22H36N4O6S2/c1-16-14-26(15-17(2)32-16)33(28,29)20-8-6-7-19(13-20)23-21(27)25-11-9-18(10-12-25)24-34(30,31)22(3,4)5/h6-8,13,16-18,24H,9-12,14-15H2,1-5H3,(H,23,27)/t16-,17+. The van der Waals surface area contributed by atoms with E-state index in [1.165, 1.54) is 16.4 Å². The SMILES string of the molecule is C[C@@H]1CN(S(=O)(=O)c2cccc(NC(=O)N3CCC(NS(=O)(=O)C(C)(C)C)CC3)c2)C[C@H](C)O1. The van der Waals surface area contributed by atoms with Crippen molar-refractivity contribution >= 4 is 31.8 Å². The van der Waals surface area contributed by atoms with Gasteiger partial charge in [0.2, 0.25) is 20.0 Å². The second-order valence-corrected chi connectivity index (χ2v) is 14.4. The van der Waals surface area contributed by atoms with Crippen LogP contribution in [0, 0.1) is 0 Å². The van der Waals surface area contributed by atoms with Crippen molar-refractivity contribution in [3.63, 3.8) is 0 Å². The Morgan fingerprint density at radius 3 is 2.18 bits per heavy atom. The summed E-state index contributed by atoms with van der Waals surface area (Å²) in [6, 6.07) is 5.65. The quantitative estimate of drug-likeness (QED) is 0.618. The number of amides is 2. The van der Waals surface area contributed by atoms with Crippen molar-refractivity contribution in [1.29, 1.82) is 0 Å². The third kappa shape index (κ3) is 6.28. The maximum Gasteiger partial charge on any atom is 0.321 e. The summed E-state index contributed by atoms with van der Waals surface area (Å²) in [7, 11) is -7.18. The lowest BCUT2D eigenvalue weighted by Crippen LogP contribution is -2.50. The van der Waals surface area contributed by atoms with Crippen molar-refractivity contribution < 1.29 is 26.4 Å². The number of nitrogens with zero attached hydrogens (tertiary/aromatic N) is 2. The Morgan fingerprint density at radius 2 is 1.62 bits per heavy atom. The molecule has 2 atom stereocenters. The van der Waals surface area contributed by atoms with Crippen LogP contribution < -0.4 is 10.0 Å². The van der Waals surface area contributed by atoms with Crippen LogP contribution in [0.5, 0.6) is 0 Å². The van der Waals surface area contributed by atoms with E-state index in [4.69, 9.17) is 4.74 Å². The first kappa shape index (κ1) is 26.9. The summed E-state index contributed by atoms with van der Waals surface area (Å²) in [5, 5.41) is 2.77. The van der Waals surface area contributed by atoms with E-state index in [1.54, 1.807) is 37.8 Å². The van der Waals surface area contributed by atoms with E-state index in [2.05, 4.69) is 10.0 Å². The van der Waals surface area contributed by atoms with E-state index in [1.807, 2.05) is 13.8 Å². The average molecular weight is 517 g/mol. The predicted molar refractivity (Wildman–Crippen MR) is 131 cm³/mol. The molecule has 10 nitrogen and oxygen atoms in total. The molecule has 0 aromatic heterocycles. The first-order chi connectivity index (χ1) is 15.7. The van der Waals surface area contributed by atoms with Gasteiger partial charge in [-0.2, -0.15) is 4.31 Å². The lowest BCUT2D eigenvalue weighted by molar-refractivity contribution is -0.0440. The maximum atomic E-state index is 13.1. The highest BCUT2D eigenvalue weighted by Gasteiger charge is 2.34. The summed E-state index contributed by atoms with van der Waals surface area (Å²) in [4.78, 5) is 14.5. The molecule has 0 saturated carbocycles. The second-order valence-electron chi connectivity index (χ2n) is 10.0. The van der Waals surface area contributed by atoms with Crippen molar-refractivity contribution in [3.05, 3.63) is 24.3 Å². The van der Waals surface area contributed by atoms with Crippen molar-refractivity contribution in [2.75, 3.05) is 31.5 Å². The van der Waals surface area contributed by atoms with Gasteiger partial charge in [0.05, 0.1) is 21.9 Å². The lowest BCUT2D eigenvalue weighted by atomic mass is 10.1. The molecule has 0 radical (unpaired) electrons. The largest absolute Gasteiger partial charge is 0.373 e. The molecule has 34 heavy (non-hydrogen) atoms. The fraction of sp³-hybridized carbons (Fsp3) is 0.682. The number of urea groups is 1. The van der Waals surface area contributed by atoms with Gasteiger partial charge in [-0.25, -0.2) is 26.4 Å². The number of benzene rings is 1. The van der Waals surface area contributed by atoms with E-state index in [-0.39, 0.29) is 42.3 Å². The number of hydrogen-bond acceptors (Lipinski definition) is 6. The maximum absolute atomic E-state index is 13.1. The zero-order valence-corrected chi connectivity index (χ0v) is 22.1. The van der Waals surface area contributed by atoms with E-state index >= 15 is 0 Å². The number of sulfonamides is 2. The highest BCUT2D eigenvalue weighted by molar-refractivity contribution is 7.90. The monoisotopic (exact) mass is 516 g/mol. The molecular formula is C22H36N4O6S2. The zero-order chi connectivity index (χ0) is 25.3. The van der Waals surface area contributed by atoms with E-state index < -0.39 is 24.8 Å². The summed E-state index contributed by atoms with van der Waals surface area (Å²) in [6.07, 6.45) is 0.615. The van der Waals surface area contributed by atoms with Gasteiger partial charge in [-0.1, -0.05) is 6.07 Å². The van der Waals surface area contributed by atoms with Gasteiger partial charge in [-0.05, 0) is 65.7 Å². The summed E-state index contributed by atoms with van der Waals surface area (Å²) >= 11 is 0. The molecule has 2 heterocycles. The molecule has 2 aliphatic heterocycles. The third-order valence-corrected chi connectivity index (χ3v) is 10.1. The van der Waals surface area contributed by atoms with E-state index in [0.717, 1.165) is 0 Å². The van der Waals surface area contributed by atoms with Gasteiger partial charge in [0.25, 0.3) is 0 Å². The van der Waals surface area contributed by atoms with Crippen molar-refractivity contribution in [2.45, 2.75) is 75.4 Å². The number of nitrogens with one attached hydrogen (secondary N) is 2. The highest BCUT2D eigenvalue weighted by Crippen LogP contribution is 2.24. The number of carbonyl (C=O) groups is 1. The molecule has 1 aromatic rings. The van der Waals surface area contributed by atoms with Gasteiger partial charge in [0.15, 0.2) is 0 Å². The van der Waals surface area contributed by atoms with Crippen LogP contribution in [0.25, 0.3) is 0 Å². The molecule has 0 aliphatic carbocycles. The fourth-order valence-electron chi connectivity index (χ4n) is 4.01. The van der Waals surface area contributed by atoms with Crippen LogP contribution in [0.4, 0.5) is 10.5 Å². The van der Waals surface area contributed by atoms with Gasteiger partial charge >= 0.3 is 6.03 Å². The molecule has 2 saturated heterocycles. The minimum absolute atomic E-state index is 0.113. The third-order valence-electron chi connectivity index (χ3n) is 6.02. The summed E-state index contributed by atoms with van der Waals surface area (Å²) in [5.74, 6) is 0. The molecule has 12 heteroatoms. The Labute approximate surface area is 203 Å². The van der Waals surface area contributed by atoms with Crippen molar-refractivity contribution in [3.8, 4) is 0 Å². The molecule has 1 aromatic carbocycles. The number of carbonyl (C=O) groups excluding carboxylic acids is 1. The Balaban J connectivity index is 1.61. The normalized spacial score (nSPS) is 23.6. The second kappa shape index (κ2) is 10.1. The molecule has 2 amide bonds. The van der Waals surface area contributed by atoms with Crippen LogP contribution in [0.2, 0.25) is 0 Å². The Hall–Kier alpha value is -1.73. The van der Waals surface area contributed by atoms with Crippen LogP contribution in [0.1, 0.15) is 47.5 Å². The molecule has 3 rings (SSSR count). The van der Waals surface area contributed by atoms with Crippen molar-refractivity contribution in [1.82, 2.24) is 13.9 Å². The number of hydrogen-bond donors (Lipinski definition) is 2. The Bertz CT molecular complexity index is 1080. The zero-order valence-electron chi connectivity index (χ0n) is 20.4. The number of morpholine rings is 1. The minimum atomic E-state index is -3.72. The number of likely N-dealkylation sites (tertiary alicyclic amines) is 1. The first-order valence-corrected chi connectivity index (χ1v) is 14.4. The molecule has 0 bridgehead atoms. The summed E-state index contributed by atoms with van der Waals surface area (Å²) in [6.45, 7) is 9.95. The lowest BCUT2D eigenvalue weighted by Gasteiger charge is -2.34. The van der Waals surface area contributed by atoms with Crippen LogP contribution in [-0.2, 0) is 24.8 Å². The average Bonchev–Trinajstić information content (AvgIpc) is 2.72. The van der Waals surface area contributed by atoms with Gasteiger partial charge in [0, 0.05) is 37.9 Å². The number of rotatable bonds is 5. The predicted octanol–water partition coefficient (Wildman–Crippen LogP) is 2.20. The fourth-order valence-corrected chi connectivity index (χ4v) is 6.67. The van der Waals surface area contributed by atoms with Gasteiger partial charge in [-0.3, -0.25) is 0 Å². The highest BCUT2D eigenvalue weighted by atomic mass is 32.2. The smallest absolute Gasteiger partial charge is 0.321 e. The van der Waals surface area contributed by atoms with Gasteiger partial charge in [0.1, 0.15) is 0 Å². The molecule has 0 spiro atoms. The number of anilines is 1. The number of ether oxygens (including phenoxy) is 1. The van der Waals surface area contributed by atoms with E-state index in [9.17, 15) is 21.6 Å². The Kier molecular flexibility index (Phi) is 7.98. The molecule has 2 aliphatic rings. The van der Waals surface area contributed by atoms with Crippen LogP contribution in [-0.4, -0.2) is 81.2 Å². The topological polar surface area (TPSA) is 125 Å². The van der Waals surface area contributed by atoms with Gasteiger partial charge < -0.3 is 15.0 Å². The minimum Gasteiger partial charge on any atom is -0.373 e. The number of piperidine rings is 1. The molecular weight excluding hydrogens is 480 g/mol. The molecule has 2 fully saturated rings. The molecule has 0 unspecified atom stereocenters. The summed E-state index contributed by atoms with van der Waals surface area (Å²) in [5.41, 5.74) is 0.385. The van der Waals surface area contributed by atoms with Crippen LogP contribution in [0.15, 0.2) is 29.2 Å². The van der Waals surface area contributed by atoms with Crippen LogP contribution in [0.3, 0.4) is 0 Å². The van der Waals surface area contributed by atoms with Gasteiger partial charge in [-0.15, -0.1) is 0 Å². The molecule has 2 N–H and O–H groups in total. The van der Waals surface area contributed by atoms with Crippen molar-refractivity contribution in [2.24, 2.45) is 0 Å². The first-order valence-electron chi connectivity index (χ1n) is 11.5. The molecule has 192 valence electrons. The summed E-state index contributed by atoms with van der Waals surface area (Å²) < 4.78 is 59.9. The van der Waals surface area contributed by atoms with E-state index in [0.29, 0.717) is 31.6 Å². The Morgan fingerprint density at radius 1 is 1.03 bits per heavy atom. The van der Waals surface area contributed by atoms with Crippen LogP contribution >= 0.6 is 0 Å².